The molecule has 0 aromatic carbocycles. The van der Waals surface area contributed by atoms with Crippen molar-refractivity contribution in [2.75, 3.05) is 7.05 Å². The molecule has 0 aliphatic heterocycles. The van der Waals surface area contributed by atoms with Crippen molar-refractivity contribution in [2.24, 2.45) is 7.05 Å². The zero-order chi connectivity index (χ0) is 11.7. The van der Waals surface area contributed by atoms with Crippen LogP contribution in [0.3, 0.4) is 0 Å². The molecule has 1 N–H and O–H groups in total. The van der Waals surface area contributed by atoms with Gasteiger partial charge in [-0.15, -0.1) is 11.3 Å². The summed E-state index contributed by atoms with van der Waals surface area (Å²) in [5.74, 6) is 0. The minimum atomic E-state index is 0.258. The van der Waals surface area contributed by atoms with E-state index in [2.05, 4.69) is 41.9 Å². The number of rotatable bonds is 3. The summed E-state index contributed by atoms with van der Waals surface area (Å²) in [6.07, 6.45) is 2.09. The number of aromatic nitrogens is 2. The molecule has 0 spiro atoms. The molecule has 0 amide bonds. The van der Waals surface area contributed by atoms with Crippen LogP contribution in [0.2, 0.25) is 0 Å². The van der Waals surface area contributed by atoms with E-state index in [-0.39, 0.29) is 6.04 Å². The van der Waals surface area contributed by atoms with Crippen molar-refractivity contribution in [2.45, 2.75) is 19.9 Å². The summed E-state index contributed by atoms with van der Waals surface area (Å²) in [6.45, 7) is 4.21. The Labute approximate surface area is 100 Å². The highest BCUT2D eigenvalue weighted by molar-refractivity contribution is 7.10. The van der Waals surface area contributed by atoms with Crippen molar-refractivity contribution in [3.63, 3.8) is 0 Å². The number of hydrogen-bond donors (Lipinski definition) is 1. The van der Waals surface area contributed by atoms with Crippen molar-refractivity contribution >= 4 is 11.3 Å². The second kappa shape index (κ2) is 4.39. The van der Waals surface area contributed by atoms with Crippen LogP contribution in [0.25, 0.3) is 0 Å². The van der Waals surface area contributed by atoms with Gasteiger partial charge in [0.25, 0.3) is 0 Å². The van der Waals surface area contributed by atoms with Crippen LogP contribution in [0, 0.1) is 13.8 Å². The van der Waals surface area contributed by atoms with Crippen molar-refractivity contribution in [1.82, 2.24) is 15.1 Å². The van der Waals surface area contributed by atoms with Crippen LogP contribution >= 0.6 is 11.3 Å². The summed E-state index contributed by atoms with van der Waals surface area (Å²) >= 11 is 1.80. The molecule has 0 aliphatic rings. The summed E-state index contributed by atoms with van der Waals surface area (Å²) in [4.78, 5) is 1.37. The van der Waals surface area contributed by atoms with E-state index in [1.165, 1.54) is 16.0 Å². The number of nitrogens with one attached hydrogen (secondary N) is 1. The monoisotopic (exact) mass is 235 g/mol. The Hall–Kier alpha value is -1.13. The normalized spacial score (nSPS) is 13.0. The summed E-state index contributed by atoms with van der Waals surface area (Å²) in [5, 5.41) is 9.91. The molecule has 0 saturated heterocycles. The Balaban J connectivity index is 2.44. The lowest BCUT2D eigenvalue weighted by atomic mass is 10.0. The number of thiophene rings is 1. The molecular formula is C12H17N3S. The number of hydrogen-bond acceptors (Lipinski definition) is 3. The highest BCUT2D eigenvalue weighted by Gasteiger charge is 2.19. The molecule has 16 heavy (non-hydrogen) atoms. The number of aryl methyl sites for hydroxylation is 3. The fourth-order valence-corrected chi connectivity index (χ4v) is 3.06. The third-order valence-electron chi connectivity index (χ3n) is 2.82. The summed E-state index contributed by atoms with van der Waals surface area (Å²) in [7, 11) is 3.96. The quantitative estimate of drug-likeness (QED) is 0.885. The average Bonchev–Trinajstić information content (AvgIpc) is 2.77. The zero-order valence-corrected chi connectivity index (χ0v) is 10.9. The largest absolute Gasteiger partial charge is 0.309 e. The first kappa shape index (κ1) is 11.4. The zero-order valence-electron chi connectivity index (χ0n) is 10.1. The molecular weight excluding hydrogens is 218 g/mol. The predicted octanol–water partition coefficient (Wildman–Crippen LogP) is 2.41. The third-order valence-corrected chi connectivity index (χ3v) is 3.90. The molecule has 1 atom stereocenters. The van der Waals surface area contributed by atoms with E-state index in [4.69, 9.17) is 0 Å². The standard InChI is InChI=1S/C12H17N3S/c1-8-5-6-16-12(8)11(13-3)10-7-15(4)14-9(10)2/h5-7,11,13H,1-4H3. The molecule has 2 aromatic rings. The molecule has 4 heteroatoms. The first-order valence-corrected chi connectivity index (χ1v) is 6.23. The van der Waals surface area contributed by atoms with Gasteiger partial charge in [0.05, 0.1) is 11.7 Å². The maximum Gasteiger partial charge on any atom is 0.0704 e. The van der Waals surface area contributed by atoms with Crippen LogP contribution in [-0.2, 0) is 7.05 Å². The maximum absolute atomic E-state index is 4.40. The second-order valence-electron chi connectivity index (χ2n) is 4.03. The molecule has 0 aliphatic carbocycles. The Morgan fingerprint density at radius 2 is 2.19 bits per heavy atom. The molecule has 0 saturated carbocycles. The lowest BCUT2D eigenvalue weighted by Gasteiger charge is -2.15. The topological polar surface area (TPSA) is 29.9 Å². The van der Waals surface area contributed by atoms with Crippen molar-refractivity contribution in [1.29, 1.82) is 0 Å². The Kier molecular flexibility index (Phi) is 3.12. The van der Waals surface area contributed by atoms with E-state index in [0.29, 0.717) is 0 Å². The van der Waals surface area contributed by atoms with E-state index >= 15 is 0 Å². The minimum Gasteiger partial charge on any atom is -0.309 e. The van der Waals surface area contributed by atoms with Crippen LogP contribution < -0.4 is 5.32 Å². The fraction of sp³-hybridized carbons (Fsp3) is 0.417. The van der Waals surface area contributed by atoms with E-state index in [1.54, 1.807) is 11.3 Å². The summed E-state index contributed by atoms with van der Waals surface area (Å²) in [6, 6.07) is 2.42. The highest BCUT2D eigenvalue weighted by Crippen LogP contribution is 2.30. The van der Waals surface area contributed by atoms with Gasteiger partial charge < -0.3 is 5.32 Å². The second-order valence-corrected chi connectivity index (χ2v) is 4.98. The molecule has 0 fully saturated rings. The molecule has 2 heterocycles. The Bertz CT molecular complexity index is 484. The van der Waals surface area contributed by atoms with Crippen LogP contribution in [0.1, 0.15) is 27.7 Å². The van der Waals surface area contributed by atoms with Gasteiger partial charge in [0, 0.05) is 23.7 Å². The molecule has 0 radical (unpaired) electrons. The van der Waals surface area contributed by atoms with E-state index in [1.807, 2.05) is 18.8 Å². The van der Waals surface area contributed by atoms with Crippen LogP contribution in [0.5, 0.6) is 0 Å². The van der Waals surface area contributed by atoms with Crippen molar-refractivity contribution in [3.05, 3.63) is 39.3 Å². The molecule has 3 nitrogen and oxygen atoms in total. The Morgan fingerprint density at radius 3 is 2.62 bits per heavy atom. The van der Waals surface area contributed by atoms with Gasteiger partial charge >= 0.3 is 0 Å². The van der Waals surface area contributed by atoms with Gasteiger partial charge in [-0.1, -0.05) is 0 Å². The first-order chi connectivity index (χ1) is 7.63. The van der Waals surface area contributed by atoms with Gasteiger partial charge in [-0.2, -0.15) is 5.10 Å². The van der Waals surface area contributed by atoms with Crippen molar-refractivity contribution < 1.29 is 0 Å². The number of nitrogens with zero attached hydrogens (tertiary/aromatic N) is 2. The fourth-order valence-electron chi connectivity index (χ4n) is 2.01. The molecule has 1 unspecified atom stereocenters. The lowest BCUT2D eigenvalue weighted by Crippen LogP contribution is -2.17. The molecule has 0 bridgehead atoms. The van der Waals surface area contributed by atoms with Crippen LogP contribution in [0.4, 0.5) is 0 Å². The third kappa shape index (κ3) is 1.90. The van der Waals surface area contributed by atoms with E-state index < -0.39 is 0 Å². The lowest BCUT2D eigenvalue weighted by molar-refractivity contribution is 0.695. The Morgan fingerprint density at radius 1 is 1.44 bits per heavy atom. The first-order valence-electron chi connectivity index (χ1n) is 5.35. The summed E-state index contributed by atoms with van der Waals surface area (Å²) < 4.78 is 1.87. The van der Waals surface area contributed by atoms with Crippen LogP contribution in [0.15, 0.2) is 17.6 Å². The average molecular weight is 235 g/mol. The predicted molar refractivity (Wildman–Crippen MR) is 67.9 cm³/mol. The SMILES string of the molecule is CNC(c1cn(C)nc1C)c1sccc1C. The van der Waals surface area contributed by atoms with Crippen LogP contribution in [-0.4, -0.2) is 16.8 Å². The van der Waals surface area contributed by atoms with Gasteiger partial charge in [-0.3, -0.25) is 4.68 Å². The molecule has 86 valence electrons. The molecule has 2 rings (SSSR count). The highest BCUT2D eigenvalue weighted by atomic mass is 32.1. The molecule has 2 aromatic heterocycles. The van der Waals surface area contributed by atoms with Gasteiger partial charge in [-0.25, -0.2) is 0 Å². The van der Waals surface area contributed by atoms with E-state index in [9.17, 15) is 0 Å². The minimum absolute atomic E-state index is 0.258. The smallest absolute Gasteiger partial charge is 0.0704 e. The van der Waals surface area contributed by atoms with Gasteiger partial charge in [0.15, 0.2) is 0 Å². The van der Waals surface area contributed by atoms with Crippen molar-refractivity contribution in [3.8, 4) is 0 Å². The van der Waals surface area contributed by atoms with Gasteiger partial charge in [0.1, 0.15) is 0 Å². The van der Waals surface area contributed by atoms with Gasteiger partial charge in [-0.05, 0) is 37.9 Å². The van der Waals surface area contributed by atoms with Gasteiger partial charge in [0.2, 0.25) is 0 Å². The summed E-state index contributed by atoms with van der Waals surface area (Å²) in [5.41, 5.74) is 3.69. The van der Waals surface area contributed by atoms with E-state index in [0.717, 1.165) is 5.69 Å². The maximum atomic E-state index is 4.40.